The van der Waals surface area contributed by atoms with Gasteiger partial charge in [0.15, 0.2) is 0 Å². The predicted molar refractivity (Wildman–Crippen MR) is 199 cm³/mol. The van der Waals surface area contributed by atoms with Crippen LogP contribution >= 0.6 is 0 Å². The second-order valence-electron chi connectivity index (χ2n) is 11.0. The van der Waals surface area contributed by atoms with Gasteiger partial charge in [-0.05, 0) is 18.0 Å². The number of quaternary nitrogens is 1. The number of hydrogen-bond acceptors (Lipinski definition) is 3. The normalized spacial score (nSPS) is 12.5. The fourth-order valence-electron chi connectivity index (χ4n) is 6.72. The summed E-state index contributed by atoms with van der Waals surface area (Å²) in [6, 6.07) is 60.9. The Morgan fingerprint density at radius 3 is 1.06 bits per heavy atom. The molecule has 0 amide bonds. The molecule has 1 fully saturated rings. The minimum absolute atomic E-state index is 0. The van der Waals surface area contributed by atoms with Crippen molar-refractivity contribution < 1.29 is 40.1 Å². The molecule has 5 aromatic rings. The number of nitrogens with zero attached hydrogens (tertiary/aromatic N) is 3. The molecule has 5 N–H and O–H groups in total. The second kappa shape index (κ2) is 21.2. The van der Waals surface area contributed by atoms with Gasteiger partial charge in [-0.1, -0.05) is 152 Å². The van der Waals surface area contributed by atoms with Gasteiger partial charge in [0.2, 0.25) is 0 Å². The third-order valence-electron chi connectivity index (χ3n) is 8.27. The van der Waals surface area contributed by atoms with Gasteiger partial charge >= 0.3 is 32.8 Å². The van der Waals surface area contributed by atoms with Crippen LogP contribution in [0.3, 0.4) is 0 Å². The van der Waals surface area contributed by atoms with Crippen molar-refractivity contribution in [1.29, 1.82) is 0 Å². The first-order valence-electron chi connectivity index (χ1n) is 16.0. The Bertz CT molecular complexity index is 1640. The van der Waals surface area contributed by atoms with Crippen LogP contribution < -0.4 is 67.4 Å². The minimum Gasteiger partial charge on any atom is -0.427 e. The first kappa shape index (κ1) is 40.4. The molecule has 0 atom stereocenters. The van der Waals surface area contributed by atoms with E-state index in [4.69, 9.17) is 15.8 Å². The average molecular weight is 639 g/mol. The zero-order valence-electron chi connectivity index (χ0n) is 29.6. The second-order valence-corrected chi connectivity index (χ2v) is 11.0. The molecule has 1 aliphatic heterocycles. The van der Waals surface area contributed by atoms with E-state index in [1.54, 1.807) is 20.8 Å². The van der Waals surface area contributed by atoms with Crippen molar-refractivity contribution in [3.8, 4) is 18.2 Å². The van der Waals surface area contributed by atoms with Crippen LogP contribution in [0.1, 0.15) is 20.8 Å². The van der Waals surface area contributed by atoms with Gasteiger partial charge in [0, 0.05) is 0 Å². The van der Waals surface area contributed by atoms with Gasteiger partial charge in [-0.2, -0.15) is 21.2 Å². The van der Waals surface area contributed by atoms with Crippen molar-refractivity contribution in [3.05, 3.63) is 152 Å². The fraction of sp³-hybridized carbons (Fsp3) is 0.132. The van der Waals surface area contributed by atoms with E-state index in [9.17, 15) is 0 Å². The van der Waals surface area contributed by atoms with Gasteiger partial charge in [-0.25, -0.2) is 0 Å². The Labute approximate surface area is 305 Å². The van der Waals surface area contributed by atoms with E-state index in [2.05, 4.69) is 186 Å². The molecule has 1 saturated heterocycles. The molecule has 1 heterocycles. The van der Waals surface area contributed by atoms with Gasteiger partial charge < -0.3 is 9.75 Å². The van der Waals surface area contributed by atoms with E-state index >= 15 is 0 Å². The number of nitrogens with two attached hydrogens (primary N) is 1. The first-order chi connectivity index (χ1) is 23.5. The van der Waals surface area contributed by atoms with Gasteiger partial charge in [-0.15, -0.1) is 15.8 Å². The summed E-state index contributed by atoms with van der Waals surface area (Å²) in [6.07, 6.45) is -1.61. The Kier molecular flexibility index (Phi) is 17.5. The average Bonchev–Trinajstić information content (AvgIpc) is 3.44. The summed E-state index contributed by atoms with van der Waals surface area (Å²) >= 11 is 0. The van der Waals surface area contributed by atoms with Crippen molar-refractivity contribution >= 4 is 47.6 Å². The summed E-state index contributed by atoms with van der Waals surface area (Å²) in [7, 11) is 4.41. The molecule has 0 unspecified atom stereocenters. The summed E-state index contributed by atoms with van der Waals surface area (Å²) in [5.41, 5.74) is 8.64. The molecule has 49 heavy (non-hydrogen) atoms. The largest absolute Gasteiger partial charge is 1.00 e. The molecule has 1 aliphatic rings. The van der Waals surface area contributed by atoms with E-state index in [1.807, 2.05) is 18.2 Å². The van der Waals surface area contributed by atoms with Crippen LogP contribution in [0.4, 0.5) is 0 Å². The topological polar surface area (TPSA) is 97.7 Å². The maximum absolute atomic E-state index is 5.96. The molecule has 6 rings (SSSR count). The Hall–Kier alpha value is -4.80. The third kappa shape index (κ3) is 9.22. The standard InChI is InChI=1S/C32H32B3N4.3C2H3N.Li/c1-36-38-33(28-18-8-3-9-19-28)37(2)39(34(38)29-20-10-4-11-21-29)35(30-22-12-5-13-23-30,31-24-14-6-15-25-31)32-26-16-7-17-27-32;3*1-2-3;/h3-27,36H,1-2H3;3*1H3;/q-1;;;;+1/p+4. The number of benzene rings is 5. The monoisotopic (exact) mass is 639 g/mol. The van der Waals surface area contributed by atoms with Crippen molar-refractivity contribution in [2.45, 2.75) is 20.8 Å². The van der Waals surface area contributed by atoms with Crippen LogP contribution in [0.5, 0.6) is 0 Å². The molecule has 0 spiro atoms. The summed E-state index contributed by atoms with van der Waals surface area (Å²) in [6.45, 7) is 4.62. The fourth-order valence-corrected chi connectivity index (χ4v) is 6.72. The van der Waals surface area contributed by atoms with Crippen LogP contribution in [-0.4, -0.2) is 48.9 Å². The maximum Gasteiger partial charge on any atom is 1.00 e. The Balaban J connectivity index is 0.000000755. The summed E-state index contributed by atoms with van der Waals surface area (Å²) in [5, 5.41) is 17.9. The Morgan fingerprint density at radius 1 is 0.510 bits per heavy atom. The van der Waals surface area contributed by atoms with Crippen LogP contribution in [0.15, 0.2) is 152 Å². The van der Waals surface area contributed by atoms with E-state index in [0.29, 0.717) is 0 Å². The number of hydrogen-bond donors (Lipinski definition) is 4. The molecule has 11 heteroatoms. The van der Waals surface area contributed by atoms with E-state index in [-0.39, 0.29) is 32.8 Å². The Morgan fingerprint density at radius 2 is 0.776 bits per heavy atom. The molecule has 0 bridgehead atoms. The number of nitrogens with one attached hydrogen (secondary N) is 3. The van der Waals surface area contributed by atoms with Crippen LogP contribution in [-0.2, 0) is 0 Å². The molecule has 0 saturated carbocycles. The summed E-state index contributed by atoms with van der Waals surface area (Å²) < 4.78 is 0. The quantitative estimate of drug-likeness (QED) is 0.106. The predicted octanol–water partition coefficient (Wildman–Crippen LogP) is -5.64. The van der Waals surface area contributed by atoms with Gasteiger partial charge in [0.05, 0.1) is 27.8 Å². The molecule has 238 valence electrons. The molecule has 0 aliphatic carbocycles. The zero-order chi connectivity index (χ0) is 34.8. The van der Waals surface area contributed by atoms with E-state index in [0.717, 1.165) is 0 Å². The van der Waals surface area contributed by atoms with Crippen molar-refractivity contribution in [3.63, 3.8) is 0 Å². The van der Waals surface area contributed by atoms with E-state index in [1.165, 1.54) is 27.3 Å². The first-order valence-corrected chi connectivity index (χ1v) is 16.0. The smallest absolute Gasteiger partial charge is 0.427 e. The van der Waals surface area contributed by atoms with Gasteiger partial charge in [0.1, 0.15) is 6.28 Å². The van der Waals surface area contributed by atoms with Gasteiger partial charge in [0.25, 0.3) is 18.2 Å². The van der Waals surface area contributed by atoms with Crippen molar-refractivity contribution in [1.82, 2.24) is 14.6 Å². The summed E-state index contributed by atoms with van der Waals surface area (Å²) in [4.78, 5) is 7.64. The van der Waals surface area contributed by atoms with Crippen LogP contribution in [0.2, 0.25) is 0 Å². The molecule has 0 aromatic heterocycles. The number of hydrazine groups is 1. The summed E-state index contributed by atoms with van der Waals surface area (Å²) in [5.74, 6) is 0. The molecule has 5 aromatic carbocycles. The van der Waals surface area contributed by atoms with Crippen LogP contribution in [0, 0.1) is 18.2 Å². The maximum atomic E-state index is 5.96. The van der Waals surface area contributed by atoms with Gasteiger partial charge in [-0.3, -0.25) is 5.43 Å². The molecular formula is C38H45B3LiN7+4. The minimum atomic E-state index is -1.61. The third-order valence-corrected chi connectivity index (χ3v) is 8.27. The molecule has 0 radical (unpaired) electrons. The molecular weight excluding hydrogens is 594 g/mol. The van der Waals surface area contributed by atoms with Crippen LogP contribution in [0.25, 0.3) is 0 Å². The van der Waals surface area contributed by atoms with Crippen molar-refractivity contribution in [2.75, 3.05) is 14.1 Å². The van der Waals surface area contributed by atoms with Crippen molar-refractivity contribution in [2.24, 2.45) is 0 Å². The number of rotatable bonds is 7. The zero-order valence-corrected chi connectivity index (χ0v) is 29.6. The SMILES string of the molecule is CC#[NH+].CC#[NH+].CC#[NH+].C[NH2+]N1B(c2ccccc2)N(C)N([B-](c2ccccc2)(c2ccccc2)c2ccccc2)B1c1ccccc1.[Li+]. The molecule has 7 nitrogen and oxygen atoms in total. The van der Waals surface area contributed by atoms with E-state index < -0.39 is 6.28 Å².